The van der Waals surface area contributed by atoms with Crippen molar-refractivity contribution in [1.82, 2.24) is 19.9 Å². The van der Waals surface area contributed by atoms with Crippen LogP contribution in [-0.4, -0.2) is 33.6 Å². The molecule has 3 aromatic rings. The van der Waals surface area contributed by atoms with Gasteiger partial charge in [0.05, 0.1) is 17.5 Å². The molecule has 4 rings (SSSR count). The highest BCUT2D eigenvalue weighted by molar-refractivity contribution is 5.94. The lowest BCUT2D eigenvalue weighted by molar-refractivity contribution is -0.137. The Kier molecular flexibility index (Phi) is 4.89. The van der Waals surface area contributed by atoms with Crippen LogP contribution in [0, 0.1) is 6.92 Å². The number of aromatic nitrogens is 3. The molecule has 1 aliphatic rings. The molecule has 0 unspecified atom stereocenters. The van der Waals surface area contributed by atoms with Crippen LogP contribution < -0.4 is 10.2 Å². The lowest BCUT2D eigenvalue weighted by Crippen LogP contribution is -2.23. The number of alkyl halides is 3. The maximum atomic E-state index is 12.6. The van der Waals surface area contributed by atoms with E-state index in [1.54, 1.807) is 16.8 Å². The van der Waals surface area contributed by atoms with Crippen molar-refractivity contribution in [3.05, 3.63) is 59.0 Å². The second kappa shape index (κ2) is 7.38. The van der Waals surface area contributed by atoms with Crippen LogP contribution in [0.4, 0.5) is 19.0 Å². The summed E-state index contributed by atoms with van der Waals surface area (Å²) >= 11 is 0. The number of carbonyl (C=O) groups is 1. The van der Waals surface area contributed by atoms with Gasteiger partial charge in [-0.25, -0.2) is 9.50 Å². The van der Waals surface area contributed by atoms with Gasteiger partial charge < -0.3 is 10.2 Å². The predicted molar refractivity (Wildman–Crippen MR) is 102 cm³/mol. The van der Waals surface area contributed by atoms with Crippen LogP contribution in [0.2, 0.25) is 0 Å². The van der Waals surface area contributed by atoms with Crippen molar-refractivity contribution < 1.29 is 18.0 Å². The highest BCUT2D eigenvalue weighted by atomic mass is 19.4. The third-order valence-electron chi connectivity index (χ3n) is 4.93. The first-order chi connectivity index (χ1) is 13.8. The Labute approximate surface area is 165 Å². The number of amides is 1. The Morgan fingerprint density at radius 3 is 2.52 bits per heavy atom. The van der Waals surface area contributed by atoms with Crippen LogP contribution in [0.5, 0.6) is 0 Å². The molecule has 2 aromatic heterocycles. The molecule has 1 fully saturated rings. The fourth-order valence-corrected chi connectivity index (χ4v) is 3.45. The molecule has 0 bridgehead atoms. The molecule has 1 N–H and O–H groups in total. The van der Waals surface area contributed by atoms with Gasteiger partial charge in [0, 0.05) is 25.7 Å². The summed E-state index contributed by atoms with van der Waals surface area (Å²) in [6.07, 6.45) is -0.397. The molecule has 1 amide bonds. The van der Waals surface area contributed by atoms with Gasteiger partial charge in [0.1, 0.15) is 5.52 Å². The summed E-state index contributed by atoms with van der Waals surface area (Å²) < 4.78 is 39.6. The number of rotatable bonds is 4. The minimum Gasteiger partial charge on any atom is -0.355 e. The standard InChI is InChI=1S/C20H20F3N5O/c1-13-12-28-17(18(25-13)27-8-2-3-9-27)10-16(26-28)19(29)24-11-14-4-6-15(7-5-14)20(21,22)23/h4-7,10,12H,2-3,8-9,11H2,1H3,(H,24,29). The van der Waals surface area contributed by atoms with E-state index in [-0.39, 0.29) is 12.2 Å². The molecule has 29 heavy (non-hydrogen) atoms. The summed E-state index contributed by atoms with van der Waals surface area (Å²) in [5, 5.41) is 7.06. The number of halogens is 3. The lowest BCUT2D eigenvalue weighted by atomic mass is 10.1. The molecule has 6 nitrogen and oxygen atoms in total. The van der Waals surface area contributed by atoms with Crippen molar-refractivity contribution in [1.29, 1.82) is 0 Å². The van der Waals surface area contributed by atoms with Gasteiger partial charge in [-0.05, 0) is 37.5 Å². The average molecular weight is 403 g/mol. The third kappa shape index (κ3) is 4.03. The number of hydrogen-bond acceptors (Lipinski definition) is 4. The van der Waals surface area contributed by atoms with Crippen LogP contribution in [0.25, 0.3) is 5.52 Å². The maximum Gasteiger partial charge on any atom is 0.416 e. The van der Waals surface area contributed by atoms with E-state index in [1.165, 1.54) is 12.1 Å². The van der Waals surface area contributed by atoms with E-state index in [4.69, 9.17) is 0 Å². The molecule has 0 spiro atoms. The van der Waals surface area contributed by atoms with E-state index < -0.39 is 17.6 Å². The Hall–Kier alpha value is -3.10. The fourth-order valence-electron chi connectivity index (χ4n) is 3.45. The van der Waals surface area contributed by atoms with Crippen LogP contribution in [0.15, 0.2) is 36.5 Å². The lowest BCUT2D eigenvalue weighted by Gasteiger charge is -2.17. The molecule has 1 aromatic carbocycles. The van der Waals surface area contributed by atoms with Crippen LogP contribution in [0.3, 0.4) is 0 Å². The number of hydrogen-bond donors (Lipinski definition) is 1. The van der Waals surface area contributed by atoms with Crippen LogP contribution in [-0.2, 0) is 12.7 Å². The number of nitrogens with zero attached hydrogens (tertiary/aromatic N) is 4. The fraction of sp³-hybridized carbons (Fsp3) is 0.350. The number of nitrogens with one attached hydrogen (secondary N) is 1. The summed E-state index contributed by atoms with van der Waals surface area (Å²) in [7, 11) is 0. The number of fused-ring (bicyclic) bond motifs is 1. The summed E-state index contributed by atoms with van der Waals surface area (Å²) in [5.41, 5.74) is 1.66. The normalized spacial score (nSPS) is 14.6. The smallest absolute Gasteiger partial charge is 0.355 e. The summed E-state index contributed by atoms with van der Waals surface area (Å²) in [6, 6.07) is 6.41. The number of aryl methyl sites for hydroxylation is 1. The van der Waals surface area contributed by atoms with E-state index in [0.29, 0.717) is 5.56 Å². The van der Waals surface area contributed by atoms with Crippen molar-refractivity contribution in [3.8, 4) is 0 Å². The summed E-state index contributed by atoms with van der Waals surface area (Å²) in [6.45, 7) is 3.84. The first kappa shape index (κ1) is 19.2. The minimum atomic E-state index is -4.38. The van der Waals surface area contributed by atoms with Gasteiger partial charge in [0.2, 0.25) is 0 Å². The second-order valence-corrected chi connectivity index (χ2v) is 7.14. The topological polar surface area (TPSA) is 62.5 Å². The first-order valence-corrected chi connectivity index (χ1v) is 9.37. The maximum absolute atomic E-state index is 12.6. The van der Waals surface area contributed by atoms with Gasteiger partial charge in [0.15, 0.2) is 11.5 Å². The molecule has 152 valence electrons. The zero-order chi connectivity index (χ0) is 20.6. The zero-order valence-electron chi connectivity index (χ0n) is 15.8. The monoisotopic (exact) mass is 403 g/mol. The van der Waals surface area contributed by atoms with E-state index >= 15 is 0 Å². The SMILES string of the molecule is Cc1cn2nc(C(=O)NCc3ccc(C(F)(F)F)cc3)cc2c(N2CCCC2)n1. The summed E-state index contributed by atoms with van der Waals surface area (Å²) in [4.78, 5) is 19.3. The molecule has 0 aliphatic carbocycles. The molecular weight excluding hydrogens is 383 g/mol. The average Bonchev–Trinajstić information content (AvgIpc) is 3.35. The van der Waals surface area contributed by atoms with Gasteiger partial charge in [-0.3, -0.25) is 4.79 Å². The molecule has 3 heterocycles. The number of benzene rings is 1. The minimum absolute atomic E-state index is 0.112. The first-order valence-electron chi connectivity index (χ1n) is 9.37. The Morgan fingerprint density at radius 1 is 1.17 bits per heavy atom. The van der Waals surface area contributed by atoms with E-state index in [9.17, 15) is 18.0 Å². The quantitative estimate of drug-likeness (QED) is 0.723. The van der Waals surface area contributed by atoms with Crippen molar-refractivity contribution >= 4 is 17.2 Å². The molecule has 9 heteroatoms. The number of anilines is 1. The van der Waals surface area contributed by atoms with Gasteiger partial charge in [0.25, 0.3) is 5.91 Å². The van der Waals surface area contributed by atoms with Crippen LogP contribution in [0.1, 0.15) is 40.2 Å². The van der Waals surface area contributed by atoms with Crippen molar-refractivity contribution in [2.24, 2.45) is 0 Å². The Balaban J connectivity index is 1.51. The Morgan fingerprint density at radius 2 is 1.86 bits per heavy atom. The van der Waals surface area contributed by atoms with E-state index in [0.717, 1.165) is 55.1 Å². The third-order valence-corrected chi connectivity index (χ3v) is 4.93. The molecule has 0 saturated carbocycles. The van der Waals surface area contributed by atoms with Crippen molar-refractivity contribution in [2.75, 3.05) is 18.0 Å². The van der Waals surface area contributed by atoms with Crippen LogP contribution >= 0.6 is 0 Å². The van der Waals surface area contributed by atoms with Gasteiger partial charge >= 0.3 is 6.18 Å². The number of carbonyl (C=O) groups excluding carboxylic acids is 1. The van der Waals surface area contributed by atoms with E-state index in [1.807, 2.05) is 6.92 Å². The molecule has 1 saturated heterocycles. The van der Waals surface area contributed by atoms with Crippen molar-refractivity contribution in [3.63, 3.8) is 0 Å². The van der Waals surface area contributed by atoms with Crippen molar-refractivity contribution in [2.45, 2.75) is 32.5 Å². The molecular formula is C20H20F3N5O. The zero-order valence-corrected chi connectivity index (χ0v) is 15.8. The van der Waals surface area contributed by atoms with Gasteiger partial charge in [-0.15, -0.1) is 0 Å². The molecule has 1 aliphatic heterocycles. The predicted octanol–water partition coefficient (Wildman–Crippen LogP) is 3.59. The van der Waals surface area contributed by atoms with Gasteiger partial charge in [-0.1, -0.05) is 12.1 Å². The molecule has 0 radical (unpaired) electrons. The van der Waals surface area contributed by atoms with E-state index in [2.05, 4.69) is 20.3 Å². The second-order valence-electron chi connectivity index (χ2n) is 7.14. The largest absolute Gasteiger partial charge is 0.416 e. The highest BCUT2D eigenvalue weighted by Crippen LogP contribution is 2.29. The summed E-state index contributed by atoms with van der Waals surface area (Å²) in [5.74, 6) is 0.426. The molecule has 0 atom stereocenters. The highest BCUT2D eigenvalue weighted by Gasteiger charge is 2.30. The van der Waals surface area contributed by atoms with Gasteiger partial charge in [-0.2, -0.15) is 18.3 Å². The Bertz CT molecular complexity index is 1040.